The van der Waals surface area contributed by atoms with E-state index in [1.165, 1.54) is 144 Å². The van der Waals surface area contributed by atoms with Crippen LogP contribution in [0, 0.1) is 0 Å². The lowest BCUT2D eigenvalue weighted by atomic mass is 9.78. The Kier molecular flexibility index (Phi) is 7.57. The van der Waals surface area contributed by atoms with Gasteiger partial charge < -0.3 is 0 Å². The highest BCUT2D eigenvalue weighted by Crippen LogP contribution is 2.58. The highest BCUT2D eigenvalue weighted by Gasteiger charge is 2.41. The second-order valence-corrected chi connectivity index (χ2v) is 21.1. The van der Waals surface area contributed by atoms with Gasteiger partial charge in [0.2, 0.25) is 0 Å². The van der Waals surface area contributed by atoms with E-state index in [1.54, 1.807) is 0 Å². The van der Waals surface area contributed by atoms with Crippen molar-refractivity contribution in [3.63, 3.8) is 0 Å². The lowest BCUT2D eigenvalue weighted by Crippen LogP contribution is -2.16. The average Bonchev–Trinajstić information content (AvgIpc) is 4.05. The fraction of sp³-hybridized carbons (Fsp3) is 0.118. The molecule has 15 rings (SSSR count). The van der Waals surface area contributed by atoms with Crippen LogP contribution in [-0.2, 0) is 10.8 Å². The summed E-state index contributed by atoms with van der Waals surface area (Å²) in [6, 6.07) is 79.2. The van der Waals surface area contributed by atoms with Gasteiger partial charge >= 0.3 is 0 Å². The summed E-state index contributed by atoms with van der Waals surface area (Å²) in [6.45, 7) is 9.74. The maximum Gasteiger partial charge on any atom is 0.0358 e. The van der Waals surface area contributed by atoms with Crippen LogP contribution < -0.4 is 0 Å². The number of benzene rings is 11. The molecule has 0 spiro atoms. The van der Waals surface area contributed by atoms with Crippen molar-refractivity contribution in [1.82, 2.24) is 0 Å². The molecule has 11 aromatic rings. The monoisotopic (exact) mass is 864 g/mol. The fourth-order valence-corrected chi connectivity index (χ4v) is 13.7. The number of rotatable bonds is 3. The molecule has 0 aliphatic heterocycles. The van der Waals surface area contributed by atoms with E-state index in [4.69, 9.17) is 0 Å². The molecule has 0 N–H and O–H groups in total. The van der Waals surface area contributed by atoms with Crippen LogP contribution in [0.1, 0.15) is 95.2 Å². The Morgan fingerprint density at radius 3 is 1.29 bits per heavy atom. The summed E-state index contributed by atoms with van der Waals surface area (Å²) in [5.74, 6) is 0.349. The second-order valence-electron chi connectivity index (χ2n) is 21.1. The fourth-order valence-electron chi connectivity index (χ4n) is 13.7. The van der Waals surface area contributed by atoms with Crippen LogP contribution in [0.5, 0.6) is 0 Å². The summed E-state index contributed by atoms with van der Waals surface area (Å²) in [5.41, 5.74) is 27.2. The third-order valence-corrected chi connectivity index (χ3v) is 17.0. The quantitative estimate of drug-likeness (QED) is 0.166. The van der Waals surface area contributed by atoms with E-state index in [0.717, 1.165) is 0 Å². The van der Waals surface area contributed by atoms with Crippen LogP contribution in [0.3, 0.4) is 0 Å². The Morgan fingerprint density at radius 1 is 0.294 bits per heavy atom. The van der Waals surface area contributed by atoms with E-state index in [-0.39, 0.29) is 22.7 Å². The summed E-state index contributed by atoms with van der Waals surface area (Å²) in [7, 11) is 0. The molecule has 0 saturated carbocycles. The van der Waals surface area contributed by atoms with Crippen molar-refractivity contribution >= 4 is 32.3 Å². The molecule has 0 bridgehead atoms. The van der Waals surface area contributed by atoms with Gasteiger partial charge in [0.15, 0.2) is 0 Å². The Hall–Kier alpha value is -7.80. The van der Waals surface area contributed by atoms with E-state index in [0.29, 0.717) is 0 Å². The molecule has 11 aromatic carbocycles. The van der Waals surface area contributed by atoms with E-state index in [9.17, 15) is 0 Å². The van der Waals surface area contributed by atoms with Crippen LogP contribution in [0.15, 0.2) is 206 Å². The minimum absolute atomic E-state index is 0.149. The van der Waals surface area contributed by atoms with Crippen molar-refractivity contribution in [2.45, 2.75) is 50.4 Å². The van der Waals surface area contributed by atoms with Crippen LogP contribution in [0.2, 0.25) is 0 Å². The van der Waals surface area contributed by atoms with Crippen LogP contribution in [0.4, 0.5) is 0 Å². The van der Waals surface area contributed by atoms with Gasteiger partial charge in [-0.3, -0.25) is 0 Å². The molecule has 0 amide bonds. The van der Waals surface area contributed by atoms with Crippen LogP contribution in [0.25, 0.3) is 88.0 Å². The Balaban J connectivity index is 0.795. The van der Waals surface area contributed by atoms with Crippen molar-refractivity contribution < 1.29 is 0 Å². The van der Waals surface area contributed by atoms with Crippen LogP contribution in [-0.4, -0.2) is 0 Å². The number of fused-ring (bicyclic) bond motifs is 18. The molecule has 0 nitrogen and oxygen atoms in total. The van der Waals surface area contributed by atoms with E-state index < -0.39 is 0 Å². The van der Waals surface area contributed by atoms with Gasteiger partial charge in [0.1, 0.15) is 0 Å². The molecule has 2 atom stereocenters. The van der Waals surface area contributed by atoms with Gasteiger partial charge in [-0.15, -0.1) is 0 Å². The third-order valence-electron chi connectivity index (χ3n) is 17.0. The van der Waals surface area contributed by atoms with E-state index in [1.807, 2.05) is 0 Å². The number of hydrogen-bond donors (Lipinski definition) is 0. The van der Waals surface area contributed by atoms with E-state index in [2.05, 4.69) is 234 Å². The molecule has 0 heterocycles. The summed E-state index contributed by atoms with van der Waals surface area (Å²) in [6.07, 6.45) is 0. The van der Waals surface area contributed by atoms with Gasteiger partial charge in [0.05, 0.1) is 0 Å². The summed E-state index contributed by atoms with van der Waals surface area (Å²) < 4.78 is 0. The second kappa shape index (κ2) is 13.4. The highest BCUT2D eigenvalue weighted by atomic mass is 14.4. The Morgan fingerprint density at radius 2 is 0.706 bits per heavy atom. The minimum Gasteiger partial charge on any atom is -0.0619 e. The van der Waals surface area contributed by atoms with Gasteiger partial charge in [-0.2, -0.15) is 0 Å². The average molecular weight is 865 g/mol. The maximum absolute atomic E-state index is 2.56. The molecule has 68 heavy (non-hydrogen) atoms. The molecule has 4 aliphatic rings. The van der Waals surface area contributed by atoms with Crippen LogP contribution >= 0.6 is 0 Å². The minimum atomic E-state index is -0.171. The molecule has 0 radical (unpaired) electrons. The van der Waals surface area contributed by atoms with Crippen molar-refractivity contribution in [2.24, 2.45) is 0 Å². The first-order valence-corrected chi connectivity index (χ1v) is 24.5. The molecule has 0 fully saturated rings. The lowest BCUT2D eigenvalue weighted by Gasteiger charge is -2.25. The van der Waals surface area contributed by atoms with Crippen molar-refractivity contribution in [2.75, 3.05) is 0 Å². The van der Waals surface area contributed by atoms with Crippen molar-refractivity contribution in [3.8, 4) is 55.6 Å². The predicted molar refractivity (Wildman–Crippen MR) is 285 cm³/mol. The van der Waals surface area contributed by atoms with Gasteiger partial charge in [-0.1, -0.05) is 222 Å². The molecule has 320 valence electrons. The van der Waals surface area contributed by atoms with Gasteiger partial charge in [-0.25, -0.2) is 0 Å². The smallest absolute Gasteiger partial charge is 0.0358 e. The molecule has 0 aromatic heterocycles. The molecule has 0 saturated heterocycles. The first kappa shape index (κ1) is 38.3. The lowest BCUT2D eigenvalue weighted by molar-refractivity contribution is 0.658. The summed E-state index contributed by atoms with van der Waals surface area (Å²) in [5, 5.41) is 7.92. The predicted octanol–water partition coefficient (Wildman–Crippen LogP) is 17.7. The standard InChI is InChI=1S/C68H48/c1-67(2)58-35-42(24-28-49(58)51-30-26-44(37-60(51)67)62-53-19-11-12-20-54(53)64-46-16-8-5-13-39(46)21-32-55(62)64)43-25-29-50-52-31-27-45(38-61(52)68(3,4)59(50)36-43)63-56-33-22-40-14-6-9-17-47(40)65(56)57-34-23-41-15-7-10-18-48(41)66(57)63/h5-38,62-63H,1-4H3. The molecule has 2 unspecified atom stereocenters. The van der Waals surface area contributed by atoms with Gasteiger partial charge in [-0.05, 0) is 156 Å². The summed E-state index contributed by atoms with van der Waals surface area (Å²) in [4.78, 5) is 0. The summed E-state index contributed by atoms with van der Waals surface area (Å²) >= 11 is 0. The zero-order chi connectivity index (χ0) is 45.2. The van der Waals surface area contributed by atoms with Gasteiger partial charge in [0.25, 0.3) is 0 Å². The third kappa shape index (κ3) is 5.00. The zero-order valence-corrected chi connectivity index (χ0v) is 38.8. The highest BCUT2D eigenvalue weighted by molar-refractivity contribution is 6.07. The Bertz CT molecular complexity index is 4040. The first-order valence-electron chi connectivity index (χ1n) is 24.5. The molecule has 0 heteroatoms. The SMILES string of the molecule is CC1(C)c2cc(-c3ccc4c(c3)C(C)(C)c3cc(C5c6ccc7ccccc7c6-c6ccc7ccccc7c65)ccc3-4)ccc2-c2ccc(C3c4ccccc4-c4c3ccc3ccccc43)cc21. The zero-order valence-electron chi connectivity index (χ0n) is 38.8. The number of hydrogen-bond acceptors (Lipinski definition) is 0. The maximum atomic E-state index is 2.56. The van der Waals surface area contributed by atoms with Crippen molar-refractivity contribution in [1.29, 1.82) is 0 Å². The largest absolute Gasteiger partial charge is 0.0619 e. The Labute approximate surface area is 398 Å². The first-order chi connectivity index (χ1) is 33.2. The molecular weight excluding hydrogens is 817 g/mol. The topological polar surface area (TPSA) is 0 Å². The normalized spacial score (nSPS) is 17.1. The van der Waals surface area contributed by atoms with Crippen molar-refractivity contribution in [3.05, 3.63) is 262 Å². The van der Waals surface area contributed by atoms with E-state index >= 15 is 0 Å². The van der Waals surface area contributed by atoms with Gasteiger partial charge in [0, 0.05) is 22.7 Å². The molecule has 4 aliphatic carbocycles. The molecular formula is C68H48.